The first-order valence-electron chi connectivity index (χ1n) is 5.92. The first-order valence-corrected chi connectivity index (χ1v) is 5.92. The number of anilines is 1. The van der Waals surface area contributed by atoms with Crippen LogP contribution in [-0.4, -0.2) is 30.1 Å². The van der Waals surface area contributed by atoms with E-state index >= 15 is 0 Å². The van der Waals surface area contributed by atoms with Gasteiger partial charge in [-0.25, -0.2) is 0 Å². The maximum atomic E-state index is 11.8. The summed E-state index contributed by atoms with van der Waals surface area (Å²) >= 11 is 0. The van der Waals surface area contributed by atoms with Crippen molar-refractivity contribution in [3.8, 4) is 0 Å². The zero-order chi connectivity index (χ0) is 13.1. The molecule has 5 nitrogen and oxygen atoms in total. The van der Waals surface area contributed by atoms with E-state index in [2.05, 4.69) is 10.6 Å². The lowest BCUT2D eigenvalue weighted by atomic mass is 10.1. The third kappa shape index (κ3) is 2.68. The van der Waals surface area contributed by atoms with Gasteiger partial charge in [0, 0.05) is 24.4 Å². The monoisotopic (exact) mass is 248 g/mol. The Bertz CT molecular complexity index is 485. The van der Waals surface area contributed by atoms with Crippen molar-refractivity contribution in [1.29, 1.82) is 0 Å². The maximum absolute atomic E-state index is 11.8. The Balaban J connectivity index is 2.04. The molecule has 1 atom stereocenters. The lowest BCUT2D eigenvalue weighted by Gasteiger charge is -2.10. The highest BCUT2D eigenvalue weighted by Crippen LogP contribution is 2.23. The number of amides is 2. The van der Waals surface area contributed by atoms with Gasteiger partial charge in [-0.15, -0.1) is 0 Å². The van der Waals surface area contributed by atoms with Crippen LogP contribution in [0.5, 0.6) is 0 Å². The van der Waals surface area contributed by atoms with E-state index in [0.29, 0.717) is 24.2 Å². The van der Waals surface area contributed by atoms with Crippen LogP contribution in [0.15, 0.2) is 18.2 Å². The predicted octanol–water partition coefficient (Wildman–Crippen LogP) is 0.539. The summed E-state index contributed by atoms with van der Waals surface area (Å²) in [6.45, 7) is 2.32. The molecule has 0 radical (unpaired) electrons. The van der Waals surface area contributed by atoms with Crippen LogP contribution in [0.3, 0.4) is 0 Å². The third-order valence-corrected chi connectivity index (χ3v) is 2.92. The fraction of sp³-hybridized carbons (Fsp3) is 0.385. The van der Waals surface area contributed by atoms with Gasteiger partial charge in [-0.2, -0.15) is 0 Å². The van der Waals surface area contributed by atoms with Crippen molar-refractivity contribution in [3.63, 3.8) is 0 Å². The van der Waals surface area contributed by atoms with E-state index in [1.54, 1.807) is 18.2 Å². The maximum Gasteiger partial charge on any atom is 0.251 e. The molecule has 0 saturated carbocycles. The molecule has 1 unspecified atom stereocenters. The Morgan fingerprint density at radius 2 is 2.33 bits per heavy atom. The average Bonchev–Trinajstić information content (AvgIpc) is 2.74. The minimum Gasteiger partial charge on any atom is -0.396 e. The number of hydrogen-bond acceptors (Lipinski definition) is 3. The molecule has 1 heterocycles. The van der Waals surface area contributed by atoms with E-state index in [-0.39, 0.29) is 24.3 Å². The van der Waals surface area contributed by atoms with Gasteiger partial charge in [0.25, 0.3) is 5.91 Å². The molecule has 2 amide bonds. The van der Waals surface area contributed by atoms with Crippen LogP contribution in [0.2, 0.25) is 0 Å². The fourth-order valence-electron chi connectivity index (χ4n) is 1.79. The highest BCUT2D eigenvalue weighted by atomic mass is 16.3. The van der Waals surface area contributed by atoms with Gasteiger partial charge < -0.3 is 15.7 Å². The molecule has 0 spiro atoms. The summed E-state index contributed by atoms with van der Waals surface area (Å²) < 4.78 is 0. The van der Waals surface area contributed by atoms with Gasteiger partial charge in [0.15, 0.2) is 0 Å². The SMILES string of the molecule is CC(CO)CNC(=O)c1ccc2c(c1)NC(=O)C2. The average molecular weight is 248 g/mol. The summed E-state index contributed by atoms with van der Waals surface area (Å²) in [5, 5.41) is 14.3. The van der Waals surface area contributed by atoms with Crippen LogP contribution in [-0.2, 0) is 11.2 Å². The standard InChI is InChI=1S/C13H16N2O3/c1-8(7-16)6-14-13(18)10-3-2-9-5-12(17)15-11(9)4-10/h2-4,8,16H,5-7H2,1H3,(H,14,18)(H,15,17). The van der Waals surface area contributed by atoms with Crippen LogP contribution in [0.4, 0.5) is 5.69 Å². The number of carbonyl (C=O) groups is 2. The number of carbonyl (C=O) groups excluding carboxylic acids is 2. The smallest absolute Gasteiger partial charge is 0.251 e. The highest BCUT2D eigenvalue weighted by Gasteiger charge is 2.19. The molecule has 3 N–H and O–H groups in total. The van der Waals surface area contributed by atoms with Crippen LogP contribution in [0, 0.1) is 5.92 Å². The van der Waals surface area contributed by atoms with E-state index < -0.39 is 0 Å². The predicted molar refractivity (Wildman–Crippen MR) is 67.4 cm³/mol. The van der Waals surface area contributed by atoms with E-state index in [9.17, 15) is 9.59 Å². The van der Waals surface area contributed by atoms with Crippen molar-refractivity contribution >= 4 is 17.5 Å². The second-order valence-electron chi connectivity index (χ2n) is 4.59. The van der Waals surface area contributed by atoms with E-state index in [1.165, 1.54) is 0 Å². The molecular formula is C13H16N2O3. The summed E-state index contributed by atoms with van der Waals surface area (Å²) in [7, 11) is 0. The van der Waals surface area contributed by atoms with E-state index in [4.69, 9.17) is 5.11 Å². The molecule has 1 aromatic rings. The zero-order valence-corrected chi connectivity index (χ0v) is 10.2. The summed E-state index contributed by atoms with van der Waals surface area (Å²) in [6, 6.07) is 5.18. The molecule has 1 aliphatic heterocycles. The van der Waals surface area contributed by atoms with Crippen LogP contribution >= 0.6 is 0 Å². The molecule has 0 aromatic heterocycles. The second kappa shape index (κ2) is 5.18. The van der Waals surface area contributed by atoms with Crippen LogP contribution in [0.25, 0.3) is 0 Å². The van der Waals surface area contributed by atoms with Gasteiger partial charge >= 0.3 is 0 Å². The molecule has 0 saturated heterocycles. The zero-order valence-electron chi connectivity index (χ0n) is 10.2. The topological polar surface area (TPSA) is 78.4 Å². The molecule has 0 bridgehead atoms. The summed E-state index contributed by atoms with van der Waals surface area (Å²) in [6.07, 6.45) is 0.374. The summed E-state index contributed by atoms with van der Waals surface area (Å²) in [5.74, 6) is -0.209. The molecule has 96 valence electrons. The molecule has 2 rings (SSSR count). The minimum atomic E-state index is -0.195. The third-order valence-electron chi connectivity index (χ3n) is 2.92. The van der Waals surface area contributed by atoms with E-state index in [1.807, 2.05) is 6.92 Å². The molecular weight excluding hydrogens is 232 g/mol. The summed E-state index contributed by atoms with van der Waals surface area (Å²) in [4.78, 5) is 23.0. The first-order chi connectivity index (χ1) is 8.60. The lowest BCUT2D eigenvalue weighted by Crippen LogP contribution is -2.29. The van der Waals surface area contributed by atoms with E-state index in [0.717, 1.165) is 5.56 Å². The van der Waals surface area contributed by atoms with Gasteiger partial charge in [-0.05, 0) is 23.6 Å². The Morgan fingerprint density at radius 3 is 3.06 bits per heavy atom. The molecule has 18 heavy (non-hydrogen) atoms. The van der Waals surface area contributed by atoms with Gasteiger partial charge in [0.05, 0.1) is 6.42 Å². The molecule has 0 fully saturated rings. The van der Waals surface area contributed by atoms with Crippen molar-refractivity contribution in [3.05, 3.63) is 29.3 Å². The number of aliphatic hydroxyl groups is 1. The lowest BCUT2D eigenvalue weighted by molar-refractivity contribution is -0.115. The second-order valence-corrected chi connectivity index (χ2v) is 4.59. The molecule has 5 heteroatoms. The fourth-order valence-corrected chi connectivity index (χ4v) is 1.79. The number of nitrogens with one attached hydrogen (secondary N) is 2. The van der Waals surface area contributed by atoms with Crippen molar-refractivity contribution in [2.24, 2.45) is 5.92 Å². The molecule has 1 aromatic carbocycles. The van der Waals surface area contributed by atoms with Crippen molar-refractivity contribution in [1.82, 2.24) is 5.32 Å². The Kier molecular flexibility index (Phi) is 3.62. The van der Waals surface area contributed by atoms with Crippen molar-refractivity contribution in [2.75, 3.05) is 18.5 Å². The summed E-state index contributed by atoms with van der Waals surface area (Å²) in [5.41, 5.74) is 2.14. The molecule has 0 aliphatic carbocycles. The van der Waals surface area contributed by atoms with Gasteiger partial charge in [-0.1, -0.05) is 13.0 Å². The van der Waals surface area contributed by atoms with Gasteiger partial charge in [0.2, 0.25) is 5.91 Å². The van der Waals surface area contributed by atoms with Crippen molar-refractivity contribution < 1.29 is 14.7 Å². The Morgan fingerprint density at radius 1 is 1.56 bits per heavy atom. The quantitative estimate of drug-likeness (QED) is 0.727. The van der Waals surface area contributed by atoms with Gasteiger partial charge in [-0.3, -0.25) is 9.59 Å². The van der Waals surface area contributed by atoms with Crippen molar-refractivity contribution in [2.45, 2.75) is 13.3 Å². The van der Waals surface area contributed by atoms with Crippen LogP contribution in [0.1, 0.15) is 22.8 Å². The minimum absolute atomic E-state index is 0.0306. The number of fused-ring (bicyclic) bond motifs is 1. The number of hydrogen-bond donors (Lipinski definition) is 3. The number of rotatable bonds is 4. The molecule has 1 aliphatic rings. The number of benzene rings is 1. The highest BCUT2D eigenvalue weighted by molar-refractivity contribution is 6.02. The number of aliphatic hydroxyl groups excluding tert-OH is 1. The first kappa shape index (κ1) is 12.6. The largest absolute Gasteiger partial charge is 0.396 e. The Labute approximate surface area is 105 Å². The van der Waals surface area contributed by atoms with Gasteiger partial charge in [0.1, 0.15) is 0 Å². The Hall–Kier alpha value is -1.88. The normalized spacial score (nSPS) is 14.9. The van der Waals surface area contributed by atoms with Crippen LogP contribution < -0.4 is 10.6 Å².